The van der Waals surface area contributed by atoms with Gasteiger partial charge < -0.3 is 5.11 Å². The fourth-order valence-corrected chi connectivity index (χ4v) is 1.07. The minimum absolute atomic E-state index is 0.0929. The van der Waals surface area contributed by atoms with Gasteiger partial charge in [0.25, 0.3) is 5.69 Å². The molecule has 0 aromatic heterocycles. The molecule has 14 heavy (non-hydrogen) atoms. The van der Waals surface area contributed by atoms with E-state index < -0.39 is 10.8 Å². The van der Waals surface area contributed by atoms with Gasteiger partial charge in [0.1, 0.15) is 5.75 Å². The normalized spacial score (nSPS) is 11.7. The standard InChI is InChI=1S/C9H8N2O3/c1-6(5-10)8-4-7(11(13)14)2-3-9(8)12/h2-4,6,12H,1H3. The van der Waals surface area contributed by atoms with Gasteiger partial charge in [0.05, 0.1) is 16.9 Å². The molecule has 0 saturated carbocycles. The highest BCUT2D eigenvalue weighted by atomic mass is 16.6. The van der Waals surface area contributed by atoms with Gasteiger partial charge in [-0.2, -0.15) is 5.26 Å². The molecule has 1 aromatic carbocycles. The van der Waals surface area contributed by atoms with Crippen LogP contribution in [0.2, 0.25) is 0 Å². The molecule has 0 heterocycles. The van der Waals surface area contributed by atoms with Crippen molar-refractivity contribution < 1.29 is 10.0 Å². The van der Waals surface area contributed by atoms with Crippen molar-refractivity contribution in [2.45, 2.75) is 12.8 Å². The van der Waals surface area contributed by atoms with Crippen LogP contribution in [-0.2, 0) is 0 Å². The van der Waals surface area contributed by atoms with Crippen molar-refractivity contribution in [3.8, 4) is 11.8 Å². The lowest BCUT2D eigenvalue weighted by Crippen LogP contribution is -1.94. The van der Waals surface area contributed by atoms with E-state index in [1.54, 1.807) is 6.92 Å². The third-order valence-electron chi connectivity index (χ3n) is 1.88. The van der Waals surface area contributed by atoms with Crippen LogP contribution in [0.3, 0.4) is 0 Å². The molecule has 0 saturated heterocycles. The van der Waals surface area contributed by atoms with Gasteiger partial charge in [-0.25, -0.2) is 0 Å². The number of non-ortho nitro benzene ring substituents is 1. The molecule has 0 bridgehead atoms. The number of nitro benzene ring substituents is 1. The van der Waals surface area contributed by atoms with Gasteiger partial charge >= 0.3 is 0 Å². The smallest absolute Gasteiger partial charge is 0.270 e. The van der Waals surface area contributed by atoms with Gasteiger partial charge in [-0.3, -0.25) is 10.1 Å². The summed E-state index contributed by atoms with van der Waals surface area (Å²) >= 11 is 0. The molecule has 1 atom stereocenters. The van der Waals surface area contributed by atoms with E-state index in [0.29, 0.717) is 0 Å². The van der Waals surface area contributed by atoms with Crippen LogP contribution in [0.15, 0.2) is 18.2 Å². The highest BCUT2D eigenvalue weighted by Gasteiger charge is 2.14. The monoisotopic (exact) mass is 192 g/mol. The number of phenolic OH excluding ortho intramolecular Hbond substituents is 1. The molecule has 0 aliphatic heterocycles. The quantitative estimate of drug-likeness (QED) is 0.572. The molecule has 0 amide bonds. The molecule has 0 aliphatic rings. The molecule has 0 spiro atoms. The molecular formula is C9H8N2O3. The molecule has 1 aromatic rings. The van der Waals surface area contributed by atoms with Crippen molar-refractivity contribution in [3.05, 3.63) is 33.9 Å². The van der Waals surface area contributed by atoms with Crippen molar-refractivity contribution >= 4 is 5.69 Å². The Labute approximate surface area is 80.4 Å². The summed E-state index contributed by atoms with van der Waals surface area (Å²) in [6, 6.07) is 5.54. The molecule has 0 radical (unpaired) electrons. The maximum atomic E-state index is 10.4. The van der Waals surface area contributed by atoms with E-state index in [1.807, 2.05) is 6.07 Å². The number of nitrogens with zero attached hydrogens (tertiary/aromatic N) is 2. The number of nitro groups is 1. The third-order valence-corrected chi connectivity index (χ3v) is 1.88. The molecule has 0 fully saturated rings. The number of rotatable bonds is 2. The predicted octanol–water partition coefficient (Wildman–Crippen LogP) is 1.93. The van der Waals surface area contributed by atoms with Crippen molar-refractivity contribution in [2.24, 2.45) is 0 Å². The average molecular weight is 192 g/mol. The van der Waals surface area contributed by atoms with Crippen LogP contribution >= 0.6 is 0 Å². The summed E-state index contributed by atoms with van der Waals surface area (Å²) < 4.78 is 0. The molecule has 5 nitrogen and oxygen atoms in total. The molecule has 1 rings (SSSR count). The Morgan fingerprint density at radius 3 is 2.79 bits per heavy atom. The first kappa shape index (κ1) is 9.99. The van der Waals surface area contributed by atoms with Crippen LogP contribution in [0.1, 0.15) is 18.4 Å². The molecule has 1 N–H and O–H groups in total. The second kappa shape index (κ2) is 3.75. The summed E-state index contributed by atoms with van der Waals surface area (Å²) in [5.74, 6) is -0.653. The van der Waals surface area contributed by atoms with E-state index in [-0.39, 0.29) is 17.0 Å². The van der Waals surface area contributed by atoms with Crippen LogP contribution in [0.4, 0.5) is 5.69 Å². The van der Waals surface area contributed by atoms with Crippen LogP contribution < -0.4 is 0 Å². The lowest BCUT2D eigenvalue weighted by atomic mass is 10.0. The molecule has 0 aliphatic carbocycles. The van der Waals surface area contributed by atoms with Crippen LogP contribution in [0.25, 0.3) is 0 Å². The summed E-state index contributed by atoms with van der Waals surface area (Å²) in [6.45, 7) is 1.57. The number of hydrogen-bond acceptors (Lipinski definition) is 4. The highest BCUT2D eigenvalue weighted by Crippen LogP contribution is 2.28. The molecule has 1 unspecified atom stereocenters. The number of hydrogen-bond donors (Lipinski definition) is 1. The van der Waals surface area contributed by atoms with Crippen LogP contribution in [0.5, 0.6) is 5.75 Å². The minimum Gasteiger partial charge on any atom is -0.508 e. The van der Waals surface area contributed by atoms with Gasteiger partial charge in [-0.05, 0) is 13.0 Å². The van der Waals surface area contributed by atoms with Crippen molar-refractivity contribution in [1.29, 1.82) is 5.26 Å². The number of benzene rings is 1. The van der Waals surface area contributed by atoms with E-state index in [9.17, 15) is 15.2 Å². The zero-order chi connectivity index (χ0) is 10.7. The minimum atomic E-state index is -0.562. The van der Waals surface area contributed by atoms with Gasteiger partial charge in [0.15, 0.2) is 0 Å². The fourth-order valence-electron chi connectivity index (χ4n) is 1.07. The van der Waals surface area contributed by atoms with Gasteiger partial charge in [0.2, 0.25) is 0 Å². The van der Waals surface area contributed by atoms with Crippen molar-refractivity contribution in [1.82, 2.24) is 0 Å². The summed E-state index contributed by atoms with van der Waals surface area (Å²) in [5, 5.41) is 28.4. The lowest BCUT2D eigenvalue weighted by molar-refractivity contribution is -0.384. The first-order chi connectivity index (χ1) is 6.56. The van der Waals surface area contributed by atoms with Crippen molar-refractivity contribution in [3.63, 3.8) is 0 Å². The average Bonchev–Trinajstić information content (AvgIpc) is 2.17. The number of phenols is 1. The fraction of sp³-hybridized carbons (Fsp3) is 0.222. The highest BCUT2D eigenvalue weighted by molar-refractivity contribution is 5.46. The predicted molar refractivity (Wildman–Crippen MR) is 48.8 cm³/mol. The maximum Gasteiger partial charge on any atom is 0.270 e. The van der Waals surface area contributed by atoms with Crippen LogP contribution in [-0.4, -0.2) is 10.0 Å². The van der Waals surface area contributed by atoms with Gasteiger partial charge in [-0.1, -0.05) is 0 Å². The largest absolute Gasteiger partial charge is 0.508 e. The van der Waals surface area contributed by atoms with E-state index in [4.69, 9.17) is 5.26 Å². The van der Waals surface area contributed by atoms with Crippen molar-refractivity contribution in [2.75, 3.05) is 0 Å². The van der Waals surface area contributed by atoms with E-state index in [2.05, 4.69) is 0 Å². The van der Waals surface area contributed by atoms with Gasteiger partial charge in [0, 0.05) is 17.7 Å². The Morgan fingerprint density at radius 2 is 2.29 bits per heavy atom. The summed E-state index contributed by atoms with van der Waals surface area (Å²) in [6.07, 6.45) is 0. The van der Waals surface area contributed by atoms with Crippen LogP contribution in [0, 0.1) is 21.4 Å². The lowest BCUT2D eigenvalue weighted by Gasteiger charge is -2.04. The molecule has 5 heteroatoms. The number of nitriles is 1. The van der Waals surface area contributed by atoms with E-state index in [0.717, 1.165) is 0 Å². The zero-order valence-corrected chi connectivity index (χ0v) is 7.47. The summed E-state index contributed by atoms with van der Waals surface area (Å²) in [5.41, 5.74) is 0.154. The first-order valence-corrected chi connectivity index (χ1v) is 3.93. The Bertz CT molecular complexity index is 409. The Hall–Kier alpha value is -2.09. The topological polar surface area (TPSA) is 87.2 Å². The Balaban J connectivity index is 3.23. The van der Waals surface area contributed by atoms with E-state index in [1.165, 1.54) is 18.2 Å². The second-order valence-corrected chi connectivity index (χ2v) is 2.85. The Morgan fingerprint density at radius 1 is 1.64 bits per heavy atom. The third kappa shape index (κ3) is 1.80. The number of aromatic hydroxyl groups is 1. The summed E-state index contributed by atoms with van der Waals surface area (Å²) in [4.78, 5) is 9.85. The molecule has 72 valence electrons. The van der Waals surface area contributed by atoms with E-state index >= 15 is 0 Å². The second-order valence-electron chi connectivity index (χ2n) is 2.85. The zero-order valence-electron chi connectivity index (χ0n) is 7.47. The maximum absolute atomic E-state index is 10.4. The Kier molecular flexibility index (Phi) is 2.67. The molecular weight excluding hydrogens is 184 g/mol. The van der Waals surface area contributed by atoms with Gasteiger partial charge in [-0.15, -0.1) is 0 Å². The first-order valence-electron chi connectivity index (χ1n) is 3.93. The SMILES string of the molecule is CC(C#N)c1cc([N+](=O)[O-])ccc1O. The summed E-state index contributed by atoms with van der Waals surface area (Å²) in [7, 11) is 0.